The van der Waals surface area contributed by atoms with Crippen molar-refractivity contribution < 1.29 is 9.59 Å². The molecule has 0 spiro atoms. The van der Waals surface area contributed by atoms with Gasteiger partial charge in [0.2, 0.25) is 11.8 Å². The Kier molecular flexibility index (Phi) is 4.20. The third-order valence-electron chi connectivity index (χ3n) is 9.24. The van der Waals surface area contributed by atoms with Crippen molar-refractivity contribution >= 4 is 11.8 Å². The summed E-state index contributed by atoms with van der Waals surface area (Å²) in [7, 11) is 5.67. The first kappa shape index (κ1) is 18.3. The minimum atomic E-state index is -0.148. The molecule has 0 aromatic carbocycles. The van der Waals surface area contributed by atoms with E-state index in [1.807, 2.05) is 26.0 Å². The SMILES string of the molecule is CN(C)C(=O)C1CC(=O)N(C)[C@@H]2CC[C@H]3[C@@H]4CCC[C@@]4(C)CC[C@@H]3[C@@]12C. The first-order valence-electron chi connectivity index (χ1n) is 10.7. The van der Waals surface area contributed by atoms with Gasteiger partial charge in [0.25, 0.3) is 0 Å². The lowest BCUT2D eigenvalue weighted by atomic mass is 9.45. The molecule has 1 unspecified atom stereocenters. The highest BCUT2D eigenvalue weighted by Gasteiger charge is 2.63. The average Bonchev–Trinajstić information content (AvgIpc) is 2.99. The largest absolute Gasteiger partial charge is 0.349 e. The summed E-state index contributed by atoms with van der Waals surface area (Å²) in [5.41, 5.74) is 0.457. The molecule has 3 aliphatic carbocycles. The van der Waals surface area contributed by atoms with Crippen molar-refractivity contribution in [2.24, 2.45) is 34.5 Å². The molecular formula is C22H36N2O2. The highest BCUT2D eigenvalue weighted by Crippen LogP contribution is 2.65. The summed E-state index contributed by atoms with van der Waals surface area (Å²) >= 11 is 0. The van der Waals surface area contributed by atoms with Gasteiger partial charge < -0.3 is 9.80 Å². The van der Waals surface area contributed by atoms with Crippen LogP contribution in [-0.2, 0) is 9.59 Å². The standard InChI is InChI=1S/C22H36N2O2/c1-21-11-6-7-15(21)14-8-9-18-22(2,16(14)10-12-21)17(20(26)23(3)4)13-19(25)24(18)5/h14-18H,6-13H2,1-5H3/t14-,15-,16-,17?,18+,21-,22-/m0/s1. The second kappa shape index (κ2) is 5.97. The molecule has 4 nitrogen and oxygen atoms in total. The molecule has 4 aliphatic rings. The van der Waals surface area contributed by atoms with Crippen molar-refractivity contribution in [3.05, 3.63) is 0 Å². The second-order valence-electron chi connectivity index (χ2n) is 10.4. The Balaban J connectivity index is 1.74. The molecule has 4 fully saturated rings. The van der Waals surface area contributed by atoms with E-state index in [4.69, 9.17) is 0 Å². The van der Waals surface area contributed by atoms with E-state index in [1.54, 1.807) is 4.90 Å². The molecule has 4 heteroatoms. The third-order valence-corrected chi connectivity index (χ3v) is 9.24. The van der Waals surface area contributed by atoms with Gasteiger partial charge in [-0.1, -0.05) is 20.3 Å². The first-order valence-corrected chi connectivity index (χ1v) is 10.7. The number of likely N-dealkylation sites (tertiary alicyclic amines) is 1. The Bertz CT molecular complexity index is 617. The van der Waals surface area contributed by atoms with Crippen LogP contribution in [0.3, 0.4) is 0 Å². The molecular weight excluding hydrogens is 324 g/mol. The van der Waals surface area contributed by atoms with Crippen LogP contribution < -0.4 is 0 Å². The van der Waals surface area contributed by atoms with Gasteiger partial charge in [0, 0.05) is 39.0 Å². The Morgan fingerprint density at radius 1 is 1.08 bits per heavy atom. The lowest BCUT2D eigenvalue weighted by Gasteiger charge is -2.63. The van der Waals surface area contributed by atoms with Gasteiger partial charge in [0.15, 0.2) is 0 Å². The van der Waals surface area contributed by atoms with E-state index >= 15 is 0 Å². The van der Waals surface area contributed by atoms with Gasteiger partial charge >= 0.3 is 0 Å². The number of hydrogen-bond acceptors (Lipinski definition) is 2. The van der Waals surface area contributed by atoms with Crippen LogP contribution >= 0.6 is 0 Å². The zero-order chi connectivity index (χ0) is 18.9. The minimum Gasteiger partial charge on any atom is -0.349 e. The number of hydrogen-bond donors (Lipinski definition) is 0. The van der Waals surface area contributed by atoms with Gasteiger partial charge in [-0.3, -0.25) is 9.59 Å². The fourth-order valence-electron chi connectivity index (χ4n) is 7.84. The molecule has 2 amide bonds. The third kappa shape index (κ3) is 2.32. The van der Waals surface area contributed by atoms with E-state index in [1.165, 1.54) is 38.5 Å². The minimum absolute atomic E-state index is 0.0726. The van der Waals surface area contributed by atoms with Crippen molar-refractivity contribution in [3.63, 3.8) is 0 Å². The summed E-state index contributed by atoms with van der Waals surface area (Å²) in [5, 5.41) is 0. The van der Waals surface area contributed by atoms with E-state index < -0.39 is 0 Å². The van der Waals surface area contributed by atoms with E-state index in [9.17, 15) is 9.59 Å². The van der Waals surface area contributed by atoms with E-state index in [-0.39, 0.29) is 29.2 Å². The summed E-state index contributed by atoms with van der Waals surface area (Å²) in [4.78, 5) is 29.5. The monoisotopic (exact) mass is 360 g/mol. The molecule has 0 bridgehead atoms. The van der Waals surface area contributed by atoms with Crippen molar-refractivity contribution in [3.8, 4) is 0 Å². The van der Waals surface area contributed by atoms with Crippen LogP contribution in [0.1, 0.15) is 65.2 Å². The Morgan fingerprint density at radius 3 is 2.50 bits per heavy atom. The smallest absolute Gasteiger partial charge is 0.226 e. The Labute approximate surface area is 158 Å². The van der Waals surface area contributed by atoms with E-state index in [2.05, 4.69) is 13.8 Å². The van der Waals surface area contributed by atoms with Crippen molar-refractivity contribution in [2.45, 2.75) is 71.3 Å². The molecule has 1 heterocycles. The molecule has 0 aromatic heterocycles. The zero-order valence-electron chi connectivity index (χ0n) is 17.3. The molecule has 1 saturated heterocycles. The summed E-state index contributed by atoms with van der Waals surface area (Å²) in [6.07, 6.45) is 9.40. The molecule has 3 saturated carbocycles. The predicted octanol–water partition coefficient (Wildman–Crippen LogP) is 3.55. The molecule has 7 atom stereocenters. The Morgan fingerprint density at radius 2 is 1.81 bits per heavy atom. The molecule has 26 heavy (non-hydrogen) atoms. The highest BCUT2D eigenvalue weighted by atomic mass is 16.2. The molecule has 1 aliphatic heterocycles. The number of nitrogens with zero attached hydrogens (tertiary/aromatic N) is 2. The topological polar surface area (TPSA) is 40.6 Å². The van der Waals surface area contributed by atoms with Crippen molar-refractivity contribution in [1.82, 2.24) is 9.80 Å². The normalized spacial score (nSPS) is 47.8. The second-order valence-corrected chi connectivity index (χ2v) is 10.4. The lowest BCUT2D eigenvalue weighted by Crippen LogP contribution is -2.66. The quantitative estimate of drug-likeness (QED) is 0.717. The zero-order valence-corrected chi connectivity index (χ0v) is 17.3. The number of carbonyl (C=O) groups excluding carboxylic acids is 2. The molecule has 0 N–H and O–H groups in total. The molecule has 0 aromatic rings. The van der Waals surface area contributed by atoms with Gasteiger partial charge in [0.1, 0.15) is 0 Å². The highest BCUT2D eigenvalue weighted by molar-refractivity contribution is 5.88. The maximum atomic E-state index is 13.1. The average molecular weight is 361 g/mol. The fraction of sp³-hybridized carbons (Fsp3) is 0.909. The molecule has 4 rings (SSSR count). The number of fused-ring (bicyclic) bond motifs is 5. The van der Waals surface area contributed by atoms with Crippen LogP contribution in [0.15, 0.2) is 0 Å². The number of rotatable bonds is 1. The maximum absolute atomic E-state index is 13.1. The van der Waals surface area contributed by atoms with E-state index in [0.29, 0.717) is 17.8 Å². The van der Waals surface area contributed by atoms with E-state index in [0.717, 1.165) is 18.3 Å². The van der Waals surface area contributed by atoms with Crippen LogP contribution in [0.25, 0.3) is 0 Å². The summed E-state index contributed by atoms with van der Waals surface area (Å²) in [6.45, 7) is 4.88. The van der Waals surface area contributed by atoms with Gasteiger partial charge in [-0.25, -0.2) is 0 Å². The van der Waals surface area contributed by atoms with Gasteiger partial charge in [0.05, 0.1) is 5.92 Å². The lowest BCUT2D eigenvalue weighted by molar-refractivity contribution is -0.179. The van der Waals surface area contributed by atoms with Gasteiger partial charge in [-0.15, -0.1) is 0 Å². The van der Waals surface area contributed by atoms with Crippen LogP contribution in [0.2, 0.25) is 0 Å². The van der Waals surface area contributed by atoms with Crippen LogP contribution in [0, 0.1) is 34.5 Å². The number of amides is 2. The van der Waals surface area contributed by atoms with Crippen LogP contribution in [0.5, 0.6) is 0 Å². The fourth-order valence-corrected chi connectivity index (χ4v) is 7.84. The number of carbonyl (C=O) groups is 2. The van der Waals surface area contributed by atoms with Crippen molar-refractivity contribution in [2.75, 3.05) is 21.1 Å². The summed E-state index contributed by atoms with van der Waals surface area (Å²) in [5.74, 6) is 2.34. The predicted molar refractivity (Wildman–Crippen MR) is 102 cm³/mol. The van der Waals surface area contributed by atoms with Crippen LogP contribution in [-0.4, -0.2) is 48.8 Å². The Hall–Kier alpha value is -1.06. The van der Waals surface area contributed by atoms with Crippen LogP contribution in [0.4, 0.5) is 0 Å². The first-order chi connectivity index (χ1) is 12.2. The summed E-state index contributed by atoms with van der Waals surface area (Å²) in [6, 6.07) is 0.227. The summed E-state index contributed by atoms with van der Waals surface area (Å²) < 4.78 is 0. The molecule has 146 valence electrons. The maximum Gasteiger partial charge on any atom is 0.226 e. The van der Waals surface area contributed by atoms with Crippen molar-refractivity contribution in [1.29, 1.82) is 0 Å². The van der Waals surface area contributed by atoms with Gasteiger partial charge in [-0.2, -0.15) is 0 Å². The van der Waals surface area contributed by atoms with Gasteiger partial charge in [-0.05, 0) is 61.7 Å². The molecule has 0 radical (unpaired) electrons. The number of piperidine rings is 1.